The van der Waals surface area contributed by atoms with E-state index in [4.69, 9.17) is 11.6 Å². The summed E-state index contributed by atoms with van der Waals surface area (Å²) < 4.78 is 0.679. The summed E-state index contributed by atoms with van der Waals surface area (Å²) in [7, 11) is 0. The quantitative estimate of drug-likeness (QED) is 0.795. The number of fused-ring (bicyclic) bond motifs is 1. The number of carbonyl (C=O) groups excluding carboxylic acids is 2. The summed E-state index contributed by atoms with van der Waals surface area (Å²) >= 11 is 7.31. The van der Waals surface area contributed by atoms with Crippen molar-refractivity contribution in [2.45, 2.75) is 13.5 Å². The molecule has 2 aromatic rings. The van der Waals surface area contributed by atoms with Gasteiger partial charge in [0.1, 0.15) is 0 Å². The maximum absolute atomic E-state index is 12.1. The van der Waals surface area contributed by atoms with Gasteiger partial charge in [0.2, 0.25) is 0 Å². The number of nitrogens with zero attached hydrogens (tertiary/aromatic N) is 1. The summed E-state index contributed by atoms with van der Waals surface area (Å²) in [5.74, 6) is -0.893. The standard InChI is InChI=1S/C14H10ClNO2S/c1-8-3-2-4-10-12(8)16(14(18)13(10)17)7-9-5-6-11(15)19-9/h2-6H,7H2,1H3. The number of hydrogen-bond acceptors (Lipinski definition) is 3. The minimum Gasteiger partial charge on any atom is -0.299 e. The molecule has 0 fully saturated rings. The smallest absolute Gasteiger partial charge is 0.299 e. The van der Waals surface area contributed by atoms with Crippen LogP contribution in [-0.4, -0.2) is 11.7 Å². The van der Waals surface area contributed by atoms with Gasteiger partial charge in [0, 0.05) is 4.88 Å². The lowest BCUT2D eigenvalue weighted by Gasteiger charge is -2.17. The van der Waals surface area contributed by atoms with Crippen LogP contribution in [0.2, 0.25) is 4.34 Å². The van der Waals surface area contributed by atoms with Crippen LogP contribution in [0.1, 0.15) is 20.8 Å². The van der Waals surface area contributed by atoms with Crippen molar-refractivity contribution < 1.29 is 9.59 Å². The second-order valence-corrected chi connectivity index (χ2v) is 6.20. The van der Waals surface area contributed by atoms with Crippen molar-refractivity contribution in [3.63, 3.8) is 0 Å². The van der Waals surface area contributed by atoms with Crippen LogP contribution in [-0.2, 0) is 11.3 Å². The Kier molecular flexibility index (Phi) is 2.92. The molecule has 0 spiro atoms. The topological polar surface area (TPSA) is 37.4 Å². The number of hydrogen-bond donors (Lipinski definition) is 0. The van der Waals surface area contributed by atoms with E-state index in [9.17, 15) is 9.59 Å². The molecule has 3 rings (SSSR count). The van der Waals surface area contributed by atoms with E-state index in [1.54, 1.807) is 18.2 Å². The van der Waals surface area contributed by atoms with Crippen molar-refractivity contribution in [3.05, 3.63) is 50.7 Å². The van der Waals surface area contributed by atoms with Crippen molar-refractivity contribution in [2.24, 2.45) is 0 Å². The van der Waals surface area contributed by atoms with Crippen molar-refractivity contribution in [3.8, 4) is 0 Å². The van der Waals surface area contributed by atoms with E-state index in [2.05, 4.69) is 0 Å². The normalized spacial score (nSPS) is 14.1. The summed E-state index contributed by atoms with van der Waals surface area (Å²) in [6.07, 6.45) is 0. The minimum atomic E-state index is -0.464. The van der Waals surface area contributed by atoms with Gasteiger partial charge < -0.3 is 0 Å². The summed E-state index contributed by atoms with van der Waals surface area (Å²) in [4.78, 5) is 26.5. The van der Waals surface area contributed by atoms with Gasteiger partial charge in [-0.05, 0) is 30.7 Å². The van der Waals surface area contributed by atoms with E-state index in [1.807, 2.05) is 19.1 Å². The highest BCUT2D eigenvalue weighted by Crippen LogP contribution is 2.34. The number of anilines is 1. The molecule has 0 aliphatic carbocycles. The second kappa shape index (κ2) is 4.47. The number of ketones is 1. The Balaban J connectivity index is 2.04. The van der Waals surface area contributed by atoms with Crippen LogP contribution in [0.15, 0.2) is 30.3 Å². The van der Waals surface area contributed by atoms with Crippen LogP contribution < -0.4 is 4.90 Å². The number of benzene rings is 1. The monoisotopic (exact) mass is 291 g/mol. The van der Waals surface area contributed by atoms with Crippen molar-refractivity contribution >= 4 is 40.3 Å². The van der Waals surface area contributed by atoms with Gasteiger partial charge in [-0.3, -0.25) is 14.5 Å². The van der Waals surface area contributed by atoms with Gasteiger partial charge >= 0.3 is 0 Å². The zero-order valence-corrected chi connectivity index (χ0v) is 11.7. The Labute approximate surface area is 119 Å². The lowest BCUT2D eigenvalue weighted by atomic mass is 10.1. The molecule has 2 heterocycles. The molecule has 1 amide bonds. The highest BCUT2D eigenvalue weighted by Gasteiger charge is 2.36. The van der Waals surface area contributed by atoms with Crippen LogP contribution in [0.3, 0.4) is 0 Å². The SMILES string of the molecule is Cc1cccc2c1N(Cc1ccc(Cl)s1)C(=O)C2=O. The average molecular weight is 292 g/mol. The number of rotatable bonds is 2. The Morgan fingerprint density at radius 2 is 2.00 bits per heavy atom. The largest absolute Gasteiger partial charge is 0.299 e. The van der Waals surface area contributed by atoms with E-state index in [0.29, 0.717) is 16.4 Å². The fourth-order valence-corrected chi connectivity index (χ4v) is 3.36. The number of para-hydroxylation sites is 1. The van der Waals surface area contributed by atoms with Crippen molar-refractivity contribution in [1.82, 2.24) is 0 Å². The van der Waals surface area contributed by atoms with E-state index in [1.165, 1.54) is 16.2 Å². The summed E-state index contributed by atoms with van der Waals surface area (Å²) in [5, 5.41) is 0. The highest BCUT2D eigenvalue weighted by molar-refractivity contribution is 7.16. The van der Waals surface area contributed by atoms with Crippen LogP contribution in [0, 0.1) is 6.92 Å². The molecule has 1 aromatic heterocycles. The average Bonchev–Trinajstić information content (AvgIpc) is 2.89. The fraction of sp³-hybridized carbons (Fsp3) is 0.143. The second-order valence-electron chi connectivity index (χ2n) is 4.40. The number of aryl methyl sites for hydroxylation is 1. The van der Waals surface area contributed by atoms with E-state index in [0.717, 1.165) is 16.1 Å². The predicted molar refractivity (Wildman–Crippen MR) is 76.0 cm³/mol. The number of thiophene rings is 1. The first-order valence-electron chi connectivity index (χ1n) is 5.78. The molecule has 0 atom stereocenters. The van der Waals surface area contributed by atoms with Crippen LogP contribution in [0.25, 0.3) is 0 Å². The van der Waals surface area contributed by atoms with E-state index >= 15 is 0 Å². The molecule has 3 nitrogen and oxygen atoms in total. The van der Waals surface area contributed by atoms with Gasteiger partial charge in [0.15, 0.2) is 0 Å². The molecule has 5 heteroatoms. The number of amides is 1. The molecule has 0 bridgehead atoms. The van der Waals surface area contributed by atoms with Gasteiger partial charge in [-0.2, -0.15) is 0 Å². The molecule has 1 aromatic carbocycles. The zero-order valence-electron chi connectivity index (χ0n) is 10.1. The third-order valence-corrected chi connectivity index (χ3v) is 4.35. The van der Waals surface area contributed by atoms with E-state index in [-0.39, 0.29) is 0 Å². The van der Waals surface area contributed by atoms with Crippen LogP contribution in [0.4, 0.5) is 5.69 Å². The van der Waals surface area contributed by atoms with Gasteiger partial charge in [-0.15, -0.1) is 11.3 Å². The van der Waals surface area contributed by atoms with Gasteiger partial charge in [-0.1, -0.05) is 23.7 Å². The highest BCUT2D eigenvalue weighted by atomic mass is 35.5. The first-order valence-corrected chi connectivity index (χ1v) is 6.97. The van der Waals surface area contributed by atoms with Crippen LogP contribution >= 0.6 is 22.9 Å². The minimum absolute atomic E-state index is 0.389. The molecule has 1 aliphatic heterocycles. The fourth-order valence-electron chi connectivity index (χ4n) is 2.28. The summed E-state index contributed by atoms with van der Waals surface area (Å²) in [5.41, 5.74) is 2.15. The molecule has 96 valence electrons. The van der Waals surface area contributed by atoms with Gasteiger partial charge in [-0.25, -0.2) is 0 Å². The molecule has 0 radical (unpaired) electrons. The Hall–Kier alpha value is -1.65. The number of carbonyl (C=O) groups is 2. The molecule has 1 aliphatic rings. The maximum Gasteiger partial charge on any atom is 0.299 e. The van der Waals surface area contributed by atoms with Crippen molar-refractivity contribution in [2.75, 3.05) is 4.90 Å². The Bertz CT molecular complexity index is 693. The molecule has 0 N–H and O–H groups in total. The van der Waals surface area contributed by atoms with E-state index < -0.39 is 11.7 Å². The molecule has 0 saturated heterocycles. The third kappa shape index (κ3) is 1.97. The zero-order chi connectivity index (χ0) is 13.6. The lowest BCUT2D eigenvalue weighted by Crippen LogP contribution is -2.29. The van der Waals surface area contributed by atoms with Crippen LogP contribution in [0.5, 0.6) is 0 Å². The molecule has 19 heavy (non-hydrogen) atoms. The summed E-state index contributed by atoms with van der Waals surface area (Å²) in [6.45, 7) is 2.29. The van der Waals surface area contributed by atoms with Gasteiger partial charge in [0.25, 0.3) is 11.7 Å². The first kappa shape index (κ1) is 12.4. The first-order chi connectivity index (χ1) is 9.08. The molecular formula is C14H10ClNO2S. The third-order valence-electron chi connectivity index (χ3n) is 3.13. The molecule has 0 unspecified atom stereocenters. The summed E-state index contributed by atoms with van der Waals surface area (Å²) in [6, 6.07) is 9.07. The number of Topliss-reactive ketones (excluding diaryl/α,β-unsaturated/α-hetero) is 1. The van der Waals surface area contributed by atoms with Gasteiger partial charge in [0.05, 0.1) is 22.1 Å². The lowest BCUT2D eigenvalue weighted by molar-refractivity contribution is -0.114. The van der Waals surface area contributed by atoms with Crippen molar-refractivity contribution in [1.29, 1.82) is 0 Å². The maximum atomic E-state index is 12.1. The molecule has 0 saturated carbocycles. The Morgan fingerprint density at radius 1 is 1.21 bits per heavy atom. The molecular weight excluding hydrogens is 282 g/mol. The Morgan fingerprint density at radius 3 is 2.68 bits per heavy atom. The number of halogens is 1. The predicted octanol–water partition coefficient (Wildman–Crippen LogP) is 3.44.